The van der Waals surface area contributed by atoms with E-state index in [1.165, 1.54) is 12.1 Å². The quantitative estimate of drug-likeness (QED) is 0.679. The third-order valence-corrected chi connectivity index (χ3v) is 5.37. The van der Waals surface area contributed by atoms with Crippen LogP contribution in [-0.2, 0) is 19.3 Å². The largest absolute Gasteiger partial charge is 0.433 e. The van der Waals surface area contributed by atoms with Crippen LogP contribution in [0.2, 0.25) is 0 Å². The SMILES string of the molecule is CC1CCN(c2nc(CNCc3cccnc3C(F)(F)F)c3cccnc3n2)CC1. The van der Waals surface area contributed by atoms with E-state index in [-0.39, 0.29) is 12.1 Å². The van der Waals surface area contributed by atoms with E-state index in [0.717, 1.165) is 43.2 Å². The summed E-state index contributed by atoms with van der Waals surface area (Å²) in [5, 5.41) is 3.88. The number of hydrogen-bond acceptors (Lipinski definition) is 6. The van der Waals surface area contributed by atoms with Gasteiger partial charge in [0.15, 0.2) is 5.65 Å². The highest BCUT2D eigenvalue weighted by Crippen LogP contribution is 2.30. The molecule has 0 aliphatic carbocycles. The molecule has 30 heavy (non-hydrogen) atoms. The van der Waals surface area contributed by atoms with Crippen molar-refractivity contribution in [1.82, 2.24) is 25.3 Å². The topological polar surface area (TPSA) is 66.8 Å². The molecule has 6 nitrogen and oxygen atoms in total. The summed E-state index contributed by atoms with van der Waals surface area (Å²) in [7, 11) is 0. The lowest BCUT2D eigenvalue weighted by atomic mass is 10.00. The average molecular weight is 416 g/mol. The monoisotopic (exact) mass is 416 g/mol. The van der Waals surface area contributed by atoms with Crippen LogP contribution in [0.1, 0.15) is 36.7 Å². The maximum absolute atomic E-state index is 13.2. The Hall–Kier alpha value is -2.81. The molecule has 0 spiro atoms. The van der Waals surface area contributed by atoms with Gasteiger partial charge in [0.05, 0.1) is 5.69 Å². The zero-order chi connectivity index (χ0) is 21.1. The third-order valence-electron chi connectivity index (χ3n) is 5.37. The molecule has 1 saturated heterocycles. The summed E-state index contributed by atoms with van der Waals surface area (Å²) in [5.74, 6) is 1.31. The van der Waals surface area contributed by atoms with Crippen molar-refractivity contribution < 1.29 is 13.2 Å². The third kappa shape index (κ3) is 4.51. The highest BCUT2D eigenvalue weighted by molar-refractivity contribution is 5.78. The molecular formula is C21H23F3N6. The van der Waals surface area contributed by atoms with Crippen molar-refractivity contribution in [2.75, 3.05) is 18.0 Å². The number of pyridine rings is 2. The van der Waals surface area contributed by atoms with Gasteiger partial charge in [-0.25, -0.2) is 9.97 Å². The second-order valence-corrected chi connectivity index (χ2v) is 7.63. The number of alkyl halides is 3. The number of nitrogens with zero attached hydrogens (tertiary/aromatic N) is 5. The van der Waals surface area contributed by atoms with Gasteiger partial charge in [0.1, 0.15) is 5.69 Å². The summed E-state index contributed by atoms with van der Waals surface area (Å²) in [6, 6.07) is 6.63. The standard InChI is InChI=1S/C21H23F3N6/c1-14-6-10-30(11-7-14)20-28-17(16-5-3-9-27-19(16)29-20)13-25-12-15-4-2-8-26-18(15)21(22,23)24/h2-5,8-9,14,25H,6-7,10-13H2,1H3. The van der Waals surface area contributed by atoms with E-state index in [0.29, 0.717) is 24.1 Å². The average Bonchev–Trinajstić information content (AvgIpc) is 2.74. The highest BCUT2D eigenvalue weighted by atomic mass is 19.4. The smallest absolute Gasteiger partial charge is 0.341 e. The second kappa shape index (κ2) is 8.51. The predicted octanol–water partition coefficient (Wildman–Crippen LogP) is 3.96. The van der Waals surface area contributed by atoms with Gasteiger partial charge in [-0.3, -0.25) is 4.98 Å². The van der Waals surface area contributed by atoms with E-state index in [2.05, 4.69) is 32.1 Å². The number of aromatic nitrogens is 4. The Bertz CT molecular complexity index is 1020. The van der Waals surface area contributed by atoms with E-state index >= 15 is 0 Å². The van der Waals surface area contributed by atoms with Gasteiger partial charge < -0.3 is 10.2 Å². The lowest BCUT2D eigenvalue weighted by Gasteiger charge is -2.30. The second-order valence-electron chi connectivity index (χ2n) is 7.63. The first kappa shape index (κ1) is 20.5. The van der Waals surface area contributed by atoms with Gasteiger partial charge in [-0.1, -0.05) is 13.0 Å². The van der Waals surface area contributed by atoms with Crippen molar-refractivity contribution in [3.8, 4) is 0 Å². The molecule has 0 radical (unpaired) electrons. The fourth-order valence-electron chi connectivity index (χ4n) is 3.65. The number of hydrogen-bond donors (Lipinski definition) is 1. The van der Waals surface area contributed by atoms with E-state index in [9.17, 15) is 13.2 Å². The molecule has 0 aromatic carbocycles. The summed E-state index contributed by atoms with van der Waals surface area (Å²) in [6.45, 7) is 4.34. The molecule has 158 valence electrons. The summed E-state index contributed by atoms with van der Waals surface area (Å²) in [4.78, 5) is 19.4. The number of piperidine rings is 1. The summed E-state index contributed by atoms with van der Waals surface area (Å²) >= 11 is 0. The van der Waals surface area contributed by atoms with Crippen LogP contribution in [0.25, 0.3) is 11.0 Å². The van der Waals surface area contributed by atoms with Gasteiger partial charge in [-0.2, -0.15) is 18.2 Å². The molecule has 3 aromatic rings. The van der Waals surface area contributed by atoms with Crippen LogP contribution in [0, 0.1) is 5.92 Å². The zero-order valence-electron chi connectivity index (χ0n) is 16.7. The number of rotatable bonds is 5. The minimum atomic E-state index is -4.48. The highest BCUT2D eigenvalue weighted by Gasteiger charge is 2.34. The van der Waals surface area contributed by atoms with Crippen LogP contribution >= 0.6 is 0 Å². The number of nitrogens with one attached hydrogen (secondary N) is 1. The summed E-state index contributed by atoms with van der Waals surface area (Å²) < 4.78 is 39.5. The molecule has 0 atom stereocenters. The van der Waals surface area contributed by atoms with E-state index in [1.54, 1.807) is 12.3 Å². The molecule has 0 saturated carbocycles. The molecule has 4 heterocycles. The van der Waals surface area contributed by atoms with Crippen LogP contribution in [0.3, 0.4) is 0 Å². The number of anilines is 1. The first-order chi connectivity index (χ1) is 14.4. The molecule has 3 aromatic heterocycles. The lowest BCUT2D eigenvalue weighted by Crippen LogP contribution is -2.34. The van der Waals surface area contributed by atoms with Crippen LogP contribution in [0.4, 0.5) is 19.1 Å². The van der Waals surface area contributed by atoms with Crippen molar-refractivity contribution in [3.05, 3.63) is 53.6 Å². The predicted molar refractivity (Wildman–Crippen MR) is 108 cm³/mol. The lowest BCUT2D eigenvalue weighted by molar-refractivity contribution is -0.141. The van der Waals surface area contributed by atoms with Gasteiger partial charge in [0, 0.05) is 44.0 Å². The Morgan fingerprint density at radius 2 is 1.77 bits per heavy atom. The molecule has 1 aliphatic heterocycles. The van der Waals surface area contributed by atoms with E-state index in [4.69, 9.17) is 4.98 Å². The zero-order valence-corrected chi connectivity index (χ0v) is 16.7. The number of halogens is 3. The molecule has 4 rings (SSSR count). The van der Waals surface area contributed by atoms with Crippen molar-refractivity contribution in [1.29, 1.82) is 0 Å². The van der Waals surface area contributed by atoms with Crippen molar-refractivity contribution in [2.45, 2.75) is 39.0 Å². The first-order valence-corrected chi connectivity index (χ1v) is 10.00. The van der Waals surface area contributed by atoms with Crippen molar-refractivity contribution >= 4 is 17.0 Å². The fourth-order valence-corrected chi connectivity index (χ4v) is 3.65. The van der Waals surface area contributed by atoms with Gasteiger partial charge >= 0.3 is 6.18 Å². The summed E-state index contributed by atoms with van der Waals surface area (Å²) in [5.41, 5.74) is 0.552. The summed E-state index contributed by atoms with van der Waals surface area (Å²) in [6.07, 6.45) is 0.515. The normalized spacial score (nSPS) is 15.7. The Labute approximate surface area is 172 Å². The van der Waals surface area contributed by atoms with Crippen LogP contribution in [0.15, 0.2) is 36.7 Å². The molecule has 0 unspecified atom stereocenters. The molecule has 1 fully saturated rings. The molecule has 0 bridgehead atoms. The van der Waals surface area contributed by atoms with Crippen LogP contribution in [0.5, 0.6) is 0 Å². The fraction of sp³-hybridized carbons (Fsp3) is 0.429. The number of fused-ring (bicyclic) bond motifs is 1. The van der Waals surface area contributed by atoms with Gasteiger partial charge in [-0.05, 0) is 42.5 Å². The van der Waals surface area contributed by atoms with Gasteiger partial charge in [-0.15, -0.1) is 0 Å². The minimum Gasteiger partial charge on any atom is -0.341 e. The Morgan fingerprint density at radius 3 is 2.53 bits per heavy atom. The molecule has 1 aliphatic rings. The van der Waals surface area contributed by atoms with Crippen LogP contribution in [-0.4, -0.2) is 33.0 Å². The van der Waals surface area contributed by atoms with Crippen LogP contribution < -0.4 is 10.2 Å². The Balaban J connectivity index is 1.55. The maximum Gasteiger partial charge on any atom is 0.433 e. The van der Waals surface area contributed by atoms with Gasteiger partial charge in [0.25, 0.3) is 0 Å². The molecule has 1 N–H and O–H groups in total. The van der Waals surface area contributed by atoms with Crippen molar-refractivity contribution in [3.63, 3.8) is 0 Å². The maximum atomic E-state index is 13.2. The minimum absolute atomic E-state index is 0.0327. The van der Waals surface area contributed by atoms with Crippen molar-refractivity contribution in [2.24, 2.45) is 5.92 Å². The molecule has 0 amide bonds. The van der Waals surface area contributed by atoms with E-state index in [1.807, 2.05) is 6.07 Å². The Morgan fingerprint density at radius 1 is 1.03 bits per heavy atom. The Kier molecular flexibility index (Phi) is 5.80. The molecule has 9 heteroatoms. The van der Waals surface area contributed by atoms with E-state index < -0.39 is 11.9 Å². The first-order valence-electron chi connectivity index (χ1n) is 10.00. The van der Waals surface area contributed by atoms with Gasteiger partial charge in [0.2, 0.25) is 5.95 Å². The molecular weight excluding hydrogens is 393 g/mol.